The maximum absolute atomic E-state index is 12.9. The van der Waals surface area contributed by atoms with Crippen LogP contribution in [-0.4, -0.2) is 49.4 Å². The maximum atomic E-state index is 12.9. The number of amides is 1. The Morgan fingerprint density at radius 1 is 1.21 bits per heavy atom. The standard InChI is InChI=1S/C18H25F3N2O/c1-22(2)12-17(24)23(3)16-9-5-7-14(11-16)13-6-4-8-15(10-13)18(19,20)21/h4,6,8,10,14,16H,5,7,9,11-12H2,1-3H3. The predicted molar refractivity (Wildman–Crippen MR) is 87.8 cm³/mol. The van der Waals surface area contributed by atoms with Gasteiger partial charge in [0.15, 0.2) is 0 Å². The number of benzene rings is 1. The van der Waals surface area contributed by atoms with Crippen LogP contribution in [0.2, 0.25) is 0 Å². The molecule has 0 aromatic heterocycles. The lowest BCUT2D eigenvalue weighted by molar-refractivity contribution is -0.137. The minimum Gasteiger partial charge on any atom is -0.342 e. The zero-order valence-electron chi connectivity index (χ0n) is 14.4. The van der Waals surface area contributed by atoms with Gasteiger partial charge in [0.25, 0.3) is 0 Å². The molecular weight excluding hydrogens is 317 g/mol. The van der Waals surface area contributed by atoms with Gasteiger partial charge in [0.05, 0.1) is 12.1 Å². The van der Waals surface area contributed by atoms with E-state index in [2.05, 4.69) is 0 Å². The van der Waals surface area contributed by atoms with Crippen LogP contribution in [0, 0.1) is 0 Å². The quantitative estimate of drug-likeness (QED) is 0.832. The van der Waals surface area contributed by atoms with Crippen molar-refractivity contribution in [2.24, 2.45) is 0 Å². The fourth-order valence-corrected chi connectivity index (χ4v) is 3.37. The van der Waals surface area contributed by atoms with E-state index in [1.807, 2.05) is 19.0 Å². The predicted octanol–water partition coefficient (Wildman–Crippen LogP) is 3.75. The summed E-state index contributed by atoms with van der Waals surface area (Å²) in [5, 5.41) is 0. The molecule has 3 nitrogen and oxygen atoms in total. The zero-order valence-corrected chi connectivity index (χ0v) is 14.4. The van der Waals surface area contributed by atoms with Gasteiger partial charge < -0.3 is 9.80 Å². The molecule has 1 amide bonds. The summed E-state index contributed by atoms with van der Waals surface area (Å²) in [7, 11) is 5.49. The van der Waals surface area contributed by atoms with Gasteiger partial charge in [-0.1, -0.05) is 24.6 Å². The number of nitrogens with zero attached hydrogens (tertiary/aromatic N) is 2. The van der Waals surface area contributed by atoms with E-state index in [9.17, 15) is 18.0 Å². The van der Waals surface area contributed by atoms with E-state index >= 15 is 0 Å². The molecule has 0 bridgehead atoms. The molecule has 1 saturated carbocycles. The molecule has 1 fully saturated rings. The summed E-state index contributed by atoms with van der Waals surface area (Å²) in [6.45, 7) is 0.348. The Labute approximate surface area is 141 Å². The first-order chi connectivity index (χ1) is 11.2. The number of hydrogen-bond acceptors (Lipinski definition) is 2. The van der Waals surface area contributed by atoms with E-state index in [1.165, 1.54) is 12.1 Å². The van der Waals surface area contributed by atoms with Crippen molar-refractivity contribution < 1.29 is 18.0 Å². The highest BCUT2D eigenvalue weighted by Gasteiger charge is 2.32. The molecular formula is C18H25F3N2O. The summed E-state index contributed by atoms with van der Waals surface area (Å²) >= 11 is 0. The average molecular weight is 342 g/mol. The Kier molecular flexibility index (Phi) is 5.91. The first kappa shape index (κ1) is 18.8. The molecule has 1 aliphatic rings. The van der Waals surface area contributed by atoms with Gasteiger partial charge in [0.1, 0.15) is 0 Å². The third kappa shape index (κ3) is 4.72. The Morgan fingerprint density at radius 3 is 2.54 bits per heavy atom. The Balaban J connectivity index is 2.09. The lowest BCUT2D eigenvalue weighted by Gasteiger charge is -2.36. The second-order valence-corrected chi connectivity index (χ2v) is 6.88. The van der Waals surface area contributed by atoms with Crippen LogP contribution < -0.4 is 0 Å². The third-order valence-corrected chi connectivity index (χ3v) is 4.72. The highest BCUT2D eigenvalue weighted by atomic mass is 19.4. The van der Waals surface area contributed by atoms with Crippen molar-refractivity contribution >= 4 is 5.91 Å². The Morgan fingerprint density at radius 2 is 1.92 bits per heavy atom. The molecule has 24 heavy (non-hydrogen) atoms. The molecule has 0 radical (unpaired) electrons. The molecule has 1 aromatic rings. The molecule has 2 unspecified atom stereocenters. The lowest BCUT2D eigenvalue weighted by Crippen LogP contribution is -2.43. The number of alkyl halides is 3. The van der Waals surface area contributed by atoms with Gasteiger partial charge in [-0.25, -0.2) is 0 Å². The van der Waals surface area contributed by atoms with Crippen molar-refractivity contribution in [2.45, 2.75) is 43.8 Å². The molecule has 1 aromatic carbocycles. The Hall–Kier alpha value is -1.56. The summed E-state index contributed by atoms with van der Waals surface area (Å²) in [4.78, 5) is 15.8. The summed E-state index contributed by atoms with van der Waals surface area (Å²) < 4.78 is 38.7. The minimum atomic E-state index is -4.32. The summed E-state index contributed by atoms with van der Waals surface area (Å²) in [6, 6.07) is 5.70. The summed E-state index contributed by atoms with van der Waals surface area (Å²) in [5.41, 5.74) is 0.127. The lowest BCUT2D eigenvalue weighted by atomic mass is 9.80. The molecule has 0 saturated heterocycles. The molecule has 2 atom stereocenters. The number of hydrogen-bond donors (Lipinski definition) is 0. The molecule has 1 aliphatic carbocycles. The van der Waals surface area contributed by atoms with Crippen molar-refractivity contribution in [3.8, 4) is 0 Å². The van der Waals surface area contributed by atoms with Crippen LogP contribution in [0.1, 0.15) is 42.7 Å². The Bertz CT molecular complexity index is 572. The highest BCUT2D eigenvalue weighted by Crippen LogP contribution is 2.37. The average Bonchev–Trinajstić information content (AvgIpc) is 2.53. The van der Waals surface area contributed by atoms with Gasteiger partial charge in [-0.05, 0) is 50.9 Å². The van der Waals surface area contributed by atoms with Crippen LogP contribution in [0.4, 0.5) is 13.2 Å². The monoisotopic (exact) mass is 342 g/mol. The SMILES string of the molecule is CN(C)CC(=O)N(C)C1CCCC(c2cccc(C(F)(F)F)c2)C1. The van der Waals surface area contributed by atoms with Crippen molar-refractivity contribution in [1.29, 1.82) is 0 Å². The van der Waals surface area contributed by atoms with Gasteiger partial charge in [-0.3, -0.25) is 4.79 Å². The maximum Gasteiger partial charge on any atom is 0.416 e. The van der Waals surface area contributed by atoms with E-state index in [4.69, 9.17) is 0 Å². The molecule has 134 valence electrons. The van der Waals surface area contributed by atoms with Crippen molar-refractivity contribution in [3.63, 3.8) is 0 Å². The fraction of sp³-hybridized carbons (Fsp3) is 0.611. The first-order valence-corrected chi connectivity index (χ1v) is 8.26. The smallest absolute Gasteiger partial charge is 0.342 e. The number of carbonyl (C=O) groups is 1. The van der Waals surface area contributed by atoms with E-state index < -0.39 is 11.7 Å². The second-order valence-electron chi connectivity index (χ2n) is 6.88. The number of halogens is 3. The van der Waals surface area contributed by atoms with Gasteiger partial charge in [0.2, 0.25) is 5.91 Å². The molecule has 0 N–H and O–H groups in total. The van der Waals surface area contributed by atoms with Crippen LogP contribution in [0.5, 0.6) is 0 Å². The summed E-state index contributed by atoms with van der Waals surface area (Å²) in [5.74, 6) is 0.121. The number of carbonyl (C=O) groups excluding carboxylic acids is 1. The van der Waals surface area contributed by atoms with Crippen molar-refractivity contribution in [1.82, 2.24) is 9.80 Å². The van der Waals surface area contributed by atoms with E-state index in [-0.39, 0.29) is 17.9 Å². The van der Waals surface area contributed by atoms with E-state index in [1.54, 1.807) is 18.0 Å². The number of likely N-dealkylation sites (N-methyl/N-ethyl adjacent to an activating group) is 2. The first-order valence-electron chi connectivity index (χ1n) is 8.26. The molecule has 0 spiro atoms. The summed E-state index contributed by atoms with van der Waals surface area (Å²) in [6.07, 6.45) is -0.899. The third-order valence-electron chi connectivity index (χ3n) is 4.72. The van der Waals surface area contributed by atoms with Gasteiger partial charge >= 0.3 is 6.18 Å². The molecule has 0 aliphatic heterocycles. The van der Waals surface area contributed by atoms with Gasteiger partial charge in [0, 0.05) is 13.1 Å². The van der Waals surface area contributed by atoms with Crippen molar-refractivity contribution in [3.05, 3.63) is 35.4 Å². The molecule has 2 rings (SSSR count). The molecule has 0 heterocycles. The fourth-order valence-electron chi connectivity index (χ4n) is 3.37. The normalized spacial score (nSPS) is 21.8. The van der Waals surface area contributed by atoms with Gasteiger partial charge in [-0.15, -0.1) is 0 Å². The van der Waals surface area contributed by atoms with Gasteiger partial charge in [-0.2, -0.15) is 13.2 Å². The largest absolute Gasteiger partial charge is 0.416 e. The van der Waals surface area contributed by atoms with Crippen LogP contribution in [0.15, 0.2) is 24.3 Å². The second kappa shape index (κ2) is 7.55. The molecule has 6 heteroatoms. The van der Waals surface area contributed by atoms with Crippen molar-refractivity contribution in [2.75, 3.05) is 27.7 Å². The van der Waals surface area contributed by atoms with Crippen LogP contribution in [0.3, 0.4) is 0 Å². The highest BCUT2D eigenvalue weighted by molar-refractivity contribution is 5.78. The zero-order chi connectivity index (χ0) is 17.9. The van der Waals surface area contributed by atoms with E-state index in [0.717, 1.165) is 37.3 Å². The van der Waals surface area contributed by atoms with Crippen LogP contribution in [0.25, 0.3) is 0 Å². The minimum absolute atomic E-state index is 0.0506. The van der Waals surface area contributed by atoms with Crippen LogP contribution >= 0.6 is 0 Å². The topological polar surface area (TPSA) is 23.6 Å². The van der Waals surface area contributed by atoms with E-state index in [0.29, 0.717) is 6.54 Å². The van der Waals surface area contributed by atoms with Crippen LogP contribution in [-0.2, 0) is 11.0 Å². The number of rotatable bonds is 4.